The predicted octanol–water partition coefficient (Wildman–Crippen LogP) is 5.74. The number of rotatable bonds is 2. The quantitative estimate of drug-likeness (QED) is 0.683. The highest BCUT2D eigenvalue weighted by atomic mass is 16.5. The Balaban J connectivity index is 1.60. The molecule has 3 aliphatic rings. The van der Waals surface area contributed by atoms with Gasteiger partial charge in [-0.15, -0.1) is 0 Å². The Morgan fingerprint density at radius 3 is 2.60 bits per heavy atom. The van der Waals surface area contributed by atoms with E-state index in [0.717, 1.165) is 23.5 Å². The van der Waals surface area contributed by atoms with Crippen molar-refractivity contribution in [3.8, 4) is 5.75 Å². The Bertz CT molecular complexity index is 644. The topological polar surface area (TPSA) is 18.5 Å². The summed E-state index contributed by atoms with van der Waals surface area (Å²) in [4.78, 5) is 0. The minimum absolute atomic E-state index is 0.0326. The van der Waals surface area contributed by atoms with Crippen LogP contribution in [0.15, 0.2) is 18.2 Å². The molecule has 1 aromatic rings. The van der Waals surface area contributed by atoms with Gasteiger partial charge in [-0.05, 0) is 106 Å². The van der Waals surface area contributed by atoms with Crippen LogP contribution in [0.1, 0.15) is 76.8 Å². The molecule has 0 aliphatic heterocycles. The average molecular weight is 343 g/mol. The molecule has 25 heavy (non-hydrogen) atoms. The summed E-state index contributed by atoms with van der Waals surface area (Å²) in [5.74, 6) is 3.43. The maximum Gasteiger partial charge on any atom is 0.119 e. The van der Waals surface area contributed by atoms with Crippen LogP contribution in [-0.2, 0) is 11.2 Å². The van der Waals surface area contributed by atoms with E-state index in [1.807, 2.05) is 0 Å². The minimum atomic E-state index is -0.0326. The molecule has 0 aromatic heterocycles. The molecule has 2 saturated carbocycles. The molecular weight excluding hydrogens is 308 g/mol. The molecule has 0 amide bonds. The van der Waals surface area contributed by atoms with Crippen molar-refractivity contribution in [1.82, 2.24) is 0 Å². The van der Waals surface area contributed by atoms with Gasteiger partial charge in [-0.2, -0.15) is 0 Å². The highest BCUT2D eigenvalue weighted by Crippen LogP contribution is 2.62. The van der Waals surface area contributed by atoms with E-state index in [2.05, 4.69) is 45.9 Å². The molecule has 138 valence electrons. The van der Waals surface area contributed by atoms with Crippen LogP contribution in [0.25, 0.3) is 0 Å². The van der Waals surface area contributed by atoms with Gasteiger partial charge >= 0.3 is 0 Å². The number of benzene rings is 1. The van der Waals surface area contributed by atoms with Gasteiger partial charge in [0.1, 0.15) is 5.75 Å². The van der Waals surface area contributed by atoms with E-state index >= 15 is 0 Å². The molecule has 0 N–H and O–H groups in total. The minimum Gasteiger partial charge on any atom is -0.497 e. The number of aryl methyl sites for hydroxylation is 1. The van der Waals surface area contributed by atoms with Crippen LogP contribution < -0.4 is 4.74 Å². The lowest BCUT2D eigenvalue weighted by molar-refractivity contribution is -0.125. The van der Waals surface area contributed by atoms with E-state index in [4.69, 9.17) is 9.47 Å². The maximum atomic E-state index is 6.53. The maximum absolute atomic E-state index is 6.53. The van der Waals surface area contributed by atoms with Crippen molar-refractivity contribution in [3.63, 3.8) is 0 Å². The van der Waals surface area contributed by atoms with Crippen LogP contribution in [0.5, 0.6) is 5.75 Å². The fraction of sp³-hybridized carbons (Fsp3) is 0.739. The highest BCUT2D eigenvalue weighted by molar-refractivity contribution is 5.40. The van der Waals surface area contributed by atoms with E-state index in [0.29, 0.717) is 11.5 Å². The van der Waals surface area contributed by atoms with E-state index in [9.17, 15) is 0 Å². The second-order valence-electron chi connectivity index (χ2n) is 9.82. The zero-order chi connectivity index (χ0) is 17.8. The number of methoxy groups -OCH3 is 1. The molecule has 3 aliphatic carbocycles. The Labute approximate surface area is 153 Å². The third-order valence-corrected chi connectivity index (χ3v) is 7.34. The Kier molecular flexibility index (Phi) is 4.18. The van der Waals surface area contributed by atoms with E-state index in [-0.39, 0.29) is 5.60 Å². The first-order valence-electron chi connectivity index (χ1n) is 10.2. The Morgan fingerprint density at radius 1 is 1.08 bits per heavy atom. The summed E-state index contributed by atoms with van der Waals surface area (Å²) < 4.78 is 12.0. The van der Waals surface area contributed by atoms with Crippen LogP contribution >= 0.6 is 0 Å². The normalized spacial score (nSPS) is 37.2. The molecule has 4 rings (SSSR count). The van der Waals surface area contributed by atoms with Crippen molar-refractivity contribution >= 4 is 0 Å². The molecule has 0 bridgehead atoms. The lowest BCUT2D eigenvalue weighted by Crippen LogP contribution is -2.46. The SMILES string of the molecule is COc1ccc2c(c1)CC[C@@H]1[C@H]3CC[C@@H](OC(C)(C)C)[C@]3(C)CC[C@@H]21. The third-order valence-electron chi connectivity index (χ3n) is 7.34. The summed E-state index contributed by atoms with van der Waals surface area (Å²) in [6.45, 7) is 9.15. The fourth-order valence-electron chi connectivity index (χ4n) is 6.26. The molecule has 0 radical (unpaired) electrons. The van der Waals surface area contributed by atoms with Crippen molar-refractivity contribution in [2.24, 2.45) is 17.3 Å². The van der Waals surface area contributed by atoms with Gasteiger partial charge in [-0.3, -0.25) is 0 Å². The van der Waals surface area contributed by atoms with Crippen molar-refractivity contribution in [1.29, 1.82) is 0 Å². The zero-order valence-electron chi connectivity index (χ0n) is 16.6. The van der Waals surface area contributed by atoms with Crippen LogP contribution in [-0.4, -0.2) is 18.8 Å². The second-order valence-corrected chi connectivity index (χ2v) is 9.82. The Morgan fingerprint density at radius 2 is 1.88 bits per heavy atom. The van der Waals surface area contributed by atoms with Crippen LogP contribution in [0.4, 0.5) is 0 Å². The van der Waals surface area contributed by atoms with Gasteiger partial charge in [-0.25, -0.2) is 0 Å². The molecule has 1 aromatic carbocycles. The summed E-state index contributed by atoms with van der Waals surface area (Å²) >= 11 is 0. The zero-order valence-corrected chi connectivity index (χ0v) is 16.6. The van der Waals surface area contributed by atoms with Gasteiger partial charge in [0.2, 0.25) is 0 Å². The van der Waals surface area contributed by atoms with E-state index in [1.54, 1.807) is 12.7 Å². The molecule has 0 saturated heterocycles. The lowest BCUT2D eigenvalue weighted by atomic mass is 9.55. The standard InChI is InChI=1S/C23H34O2/c1-22(2,3)25-21-11-10-20-19-8-6-15-14-16(24-5)7-9-17(15)18(19)12-13-23(20,21)4/h7,9,14,18-21H,6,8,10-13H2,1-5H3/t18-,19-,20+,21+,23+/m0/s1. The molecule has 2 nitrogen and oxygen atoms in total. The van der Waals surface area contributed by atoms with Crippen molar-refractivity contribution in [2.75, 3.05) is 7.11 Å². The summed E-state index contributed by atoms with van der Waals surface area (Å²) in [6.07, 6.45) is 8.22. The molecule has 0 unspecified atom stereocenters. The summed E-state index contributed by atoms with van der Waals surface area (Å²) in [6, 6.07) is 6.79. The molecular formula is C23H34O2. The van der Waals surface area contributed by atoms with Crippen LogP contribution in [0.3, 0.4) is 0 Å². The smallest absolute Gasteiger partial charge is 0.119 e. The highest BCUT2D eigenvalue weighted by Gasteiger charge is 2.55. The van der Waals surface area contributed by atoms with Gasteiger partial charge in [-0.1, -0.05) is 13.0 Å². The molecule has 0 spiro atoms. The number of hydrogen-bond donors (Lipinski definition) is 0. The summed E-state index contributed by atoms with van der Waals surface area (Å²) in [5.41, 5.74) is 3.48. The van der Waals surface area contributed by atoms with Gasteiger partial charge in [0.05, 0.1) is 18.8 Å². The number of ether oxygens (including phenoxy) is 2. The Hall–Kier alpha value is -1.02. The predicted molar refractivity (Wildman–Crippen MR) is 102 cm³/mol. The largest absolute Gasteiger partial charge is 0.497 e. The first kappa shape index (κ1) is 17.4. The monoisotopic (exact) mass is 342 g/mol. The van der Waals surface area contributed by atoms with E-state index < -0.39 is 0 Å². The van der Waals surface area contributed by atoms with Crippen LogP contribution in [0.2, 0.25) is 0 Å². The molecule has 2 fully saturated rings. The lowest BCUT2D eigenvalue weighted by Gasteiger charge is -2.51. The third kappa shape index (κ3) is 2.91. The van der Waals surface area contributed by atoms with Crippen molar-refractivity contribution in [2.45, 2.75) is 83.8 Å². The average Bonchev–Trinajstić information content (AvgIpc) is 2.89. The van der Waals surface area contributed by atoms with Gasteiger partial charge in [0.15, 0.2) is 0 Å². The van der Waals surface area contributed by atoms with Crippen molar-refractivity contribution in [3.05, 3.63) is 29.3 Å². The second kappa shape index (κ2) is 6.01. The number of fused-ring (bicyclic) bond motifs is 5. The van der Waals surface area contributed by atoms with Gasteiger partial charge < -0.3 is 9.47 Å². The molecule has 0 heterocycles. The van der Waals surface area contributed by atoms with Gasteiger partial charge in [0, 0.05) is 0 Å². The first-order chi connectivity index (χ1) is 11.8. The number of hydrogen-bond acceptors (Lipinski definition) is 2. The fourth-order valence-corrected chi connectivity index (χ4v) is 6.26. The molecule has 5 atom stereocenters. The van der Waals surface area contributed by atoms with Crippen molar-refractivity contribution < 1.29 is 9.47 Å². The van der Waals surface area contributed by atoms with Gasteiger partial charge in [0.25, 0.3) is 0 Å². The first-order valence-corrected chi connectivity index (χ1v) is 10.2. The van der Waals surface area contributed by atoms with Crippen LogP contribution in [0, 0.1) is 17.3 Å². The summed E-state index contributed by atoms with van der Waals surface area (Å²) in [5, 5.41) is 0. The summed E-state index contributed by atoms with van der Waals surface area (Å²) in [7, 11) is 1.77. The molecule has 2 heteroatoms. The van der Waals surface area contributed by atoms with E-state index in [1.165, 1.54) is 44.1 Å².